The van der Waals surface area contributed by atoms with E-state index < -0.39 is 5.97 Å². The van der Waals surface area contributed by atoms with E-state index in [0.29, 0.717) is 34.8 Å². The number of rotatable bonds is 7. The van der Waals surface area contributed by atoms with Crippen LogP contribution in [0.25, 0.3) is 0 Å². The maximum atomic E-state index is 12.5. The predicted molar refractivity (Wildman–Crippen MR) is 123 cm³/mol. The van der Waals surface area contributed by atoms with Crippen molar-refractivity contribution in [2.24, 2.45) is 5.10 Å². The van der Waals surface area contributed by atoms with Crippen LogP contribution in [0.3, 0.4) is 0 Å². The normalized spacial score (nSPS) is 10.7. The fraction of sp³-hybridized carbons (Fsp3) is 0.125. The molecule has 7 heteroatoms. The maximum absolute atomic E-state index is 12.5. The van der Waals surface area contributed by atoms with Gasteiger partial charge in [-0.15, -0.1) is 0 Å². The molecule has 1 N–H and O–H groups in total. The second-order valence-electron chi connectivity index (χ2n) is 6.60. The highest BCUT2D eigenvalue weighted by Crippen LogP contribution is 2.23. The van der Waals surface area contributed by atoms with Crippen LogP contribution in [-0.2, 0) is 0 Å². The number of hydrogen-bond donors (Lipinski definition) is 1. The van der Waals surface area contributed by atoms with Gasteiger partial charge in [-0.3, -0.25) is 4.79 Å². The van der Waals surface area contributed by atoms with Crippen molar-refractivity contribution in [1.29, 1.82) is 0 Å². The number of hydrazone groups is 1. The Balaban J connectivity index is 1.72. The number of esters is 1. The van der Waals surface area contributed by atoms with E-state index in [0.717, 1.165) is 10.0 Å². The topological polar surface area (TPSA) is 77.0 Å². The van der Waals surface area contributed by atoms with Gasteiger partial charge in [-0.05, 0) is 68.4 Å². The van der Waals surface area contributed by atoms with Crippen LogP contribution >= 0.6 is 15.9 Å². The number of halogens is 1. The zero-order valence-corrected chi connectivity index (χ0v) is 18.7. The van der Waals surface area contributed by atoms with Crippen molar-refractivity contribution < 1.29 is 19.1 Å². The minimum absolute atomic E-state index is 0.315. The molecule has 0 aliphatic carbocycles. The Kier molecular flexibility index (Phi) is 7.56. The lowest BCUT2D eigenvalue weighted by atomic mass is 10.1. The first-order valence-corrected chi connectivity index (χ1v) is 10.4. The van der Waals surface area contributed by atoms with E-state index >= 15 is 0 Å². The third-order valence-corrected chi connectivity index (χ3v) is 4.72. The summed E-state index contributed by atoms with van der Waals surface area (Å²) >= 11 is 3.39. The van der Waals surface area contributed by atoms with E-state index in [1.807, 2.05) is 19.9 Å². The van der Waals surface area contributed by atoms with E-state index in [1.165, 1.54) is 6.21 Å². The maximum Gasteiger partial charge on any atom is 0.343 e. The highest BCUT2D eigenvalue weighted by molar-refractivity contribution is 9.10. The molecule has 0 unspecified atom stereocenters. The standard InChI is InChI=1S/C24H21BrN2O4/c1-3-30-21-10-7-17(8-11-21)24(29)31-22-12-9-20(25)14-19(22)15-26-27-23(28)18-6-4-5-16(2)13-18/h4-15H,3H2,1-2H3,(H,27,28)/b26-15-. The van der Waals surface area contributed by atoms with E-state index in [1.54, 1.807) is 60.7 Å². The molecule has 0 atom stereocenters. The molecule has 0 spiro atoms. The lowest BCUT2D eigenvalue weighted by Crippen LogP contribution is -2.17. The fourth-order valence-corrected chi connectivity index (χ4v) is 3.12. The van der Waals surface area contributed by atoms with Crippen LogP contribution in [0.5, 0.6) is 11.5 Å². The molecular formula is C24H21BrN2O4. The van der Waals surface area contributed by atoms with Gasteiger partial charge in [0.15, 0.2) is 0 Å². The Morgan fingerprint density at radius 1 is 1.03 bits per heavy atom. The molecule has 0 saturated carbocycles. The molecule has 0 aliphatic rings. The van der Waals surface area contributed by atoms with Gasteiger partial charge in [-0.1, -0.05) is 33.6 Å². The molecule has 0 fully saturated rings. The van der Waals surface area contributed by atoms with Crippen LogP contribution in [0, 0.1) is 6.92 Å². The van der Waals surface area contributed by atoms with Crippen molar-refractivity contribution in [2.75, 3.05) is 6.61 Å². The van der Waals surface area contributed by atoms with E-state index in [4.69, 9.17) is 9.47 Å². The number of aryl methyl sites for hydroxylation is 1. The predicted octanol–water partition coefficient (Wildman–Crippen LogP) is 5.14. The molecule has 6 nitrogen and oxygen atoms in total. The summed E-state index contributed by atoms with van der Waals surface area (Å²) < 4.78 is 11.7. The Morgan fingerprint density at radius 2 is 1.81 bits per heavy atom. The minimum Gasteiger partial charge on any atom is -0.494 e. The summed E-state index contributed by atoms with van der Waals surface area (Å²) in [6.07, 6.45) is 1.43. The van der Waals surface area contributed by atoms with Crippen molar-refractivity contribution >= 4 is 34.0 Å². The van der Waals surface area contributed by atoms with Gasteiger partial charge in [0.1, 0.15) is 11.5 Å². The quantitative estimate of drug-likeness (QED) is 0.220. The molecule has 31 heavy (non-hydrogen) atoms. The first kappa shape index (κ1) is 22.2. The van der Waals surface area contributed by atoms with Gasteiger partial charge < -0.3 is 9.47 Å². The summed E-state index contributed by atoms with van der Waals surface area (Å²) in [7, 11) is 0. The zero-order valence-electron chi connectivity index (χ0n) is 17.1. The van der Waals surface area contributed by atoms with Crippen LogP contribution < -0.4 is 14.9 Å². The minimum atomic E-state index is -0.510. The molecule has 0 aromatic heterocycles. The summed E-state index contributed by atoms with van der Waals surface area (Å²) in [6.45, 7) is 4.35. The summed E-state index contributed by atoms with van der Waals surface area (Å²) in [5, 5.41) is 4.01. The van der Waals surface area contributed by atoms with Gasteiger partial charge >= 0.3 is 5.97 Å². The van der Waals surface area contributed by atoms with Crippen molar-refractivity contribution in [3.05, 3.63) is 93.5 Å². The second-order valence-corrected chi connectivity index (χ2v) is 7.51. The highest BCUT2D eigenvalue weighted by Gasteiger charge is 2.12. The first-order valence-electron chi connectivity index (χ1n) is 9.61. The zero-order chi connectivity index (χ0) is 22.2. The Morgan fingerprint density at radius 3 is 2.52 bits per heavy atom. The molecule has 3 aromatic rings. The van der Waals surface area contributed by atoms with Gasteiger partial charge in [0.25, 0.3) is 5.91 Å². The van der Waals surface area contributed by atoms with Gasteiger partial charge in [-0.25, -0.2) is 10.2 Å². The Hall–Kier alpha value is -3.45. The van der Waals surface area contributed by atoms with E-state index in [2.05, 4.69) is 26.5 Å². The summed E-state index contributed by atoms with van der Waals surface area (Å²) in [4.78, 5) is 24.8. The molecule has 3 rings (SSSR count). The number of benzene rings is 3. The molecule has 1 amide bonds. The average Bonchev–Trinajstić information content (AvgIpc) is 2.76. The van der Waals surface area contributed by atoms with E-state index in [-0.39, 0.29) is 5.91 Å². The molecule has 0 heterocycles. The van der Waals surface area contributed by atoms with Crippen molar-refractivity contribution in [2.45, 2.75) is 13.8 Å². The van der Waals surface area contributed by atoms with Gasteiger partial charge in [0.05, 0.1) is 18.4 Å². The number of carbonyl (C=O) groups is 2. The Labute approximate surface area is 189 Å². The number of amides is 1. The molecule has 0 saturated heterocycles. The summed E-state index contributed by atoms with van der Waals surface area (Å²) in [6, 6.07) is 19.1. The Bertz CT molecular complexity index is 1110. The summed E-state index contributed by atoms with van der Waals surface area (Å²) in [5.41, 5.74) is 4.89. The molecule has 0 aliphatic heterocycles. The van der Waals surface area contributed by atoms with E-state index in [9.17, 15) is 9.59 Å². The number of ether oxygens (including phenoxy) is 2. The largest absolute Gasteiger partial charge is 0.494 e. The third kappa shape index (κ3) is 6.26. The number of hydrogen-bond acceptors (Lipinski definition) is 5. The SMILES string of the molecule is CCOc1ccc(C(=O)Oc2ccc(Br)cc2/C=N\NC(=O)c2cccc(C)c2)cc1. The molecule has 3 aromatic carbocycles. The second kappa shape index (κ2) is 10.5. The van der Waals surface area contributed by atoms with Gasteiger partial charge in [0.2, 0.25) is 0 Å². The average molecular weight is 481 g/mol. The molecule has 0 radical (unpaired) electrons. The molecule has 0 bridgehead atoms. The number of nitrogens with zero attached hydrogens (tertiary/aromatic N) is 1. The van der Waals surface area contributed by atoms with Crippen LogP contribution in [0.1, 0.15) is 38.8 Å². The fourth-order valence-electron chi connectivity index (χ4n) is 2.74. The third-order valence-electron chi connectivity index (χ3n) is 4.23. The lowest BCUT2D eigenvalue weighted by Gasteiger charge is -2.09. The van der Waals surface area contributed by atoms with Crippen LogP contribution in [0.2, 0.25) is 0 Å². The number of carbonyl (C=O) groups excluding carboxylic acids is 2. The van der Waals surface area contributed by atoms with Gasteiger partial charge in [-0.2, -0.15) is 5.10 Å². The van der Waals surface area contributed by atoms with Crippen LogP contribution in [0.4, 0.5) is 0 Å². The smallest absolute Gasteiger partial charge is 0.343 e. The number of nitrogens with one attached hydrogen (secondary N) is 1. The van der Waals surface area contributed by atoms with Crippen LogP contribution in [-0.4, -0.2) is 24.7 Å². The molecule has 158 valence electrons. The van der Waals surface area contributed by atoms with Crippen molar-refractivity contribution in [3.8, 4) is 11.5 Å². The van der Waals surface area contributed by atoms with Crippen molar-refractivity contribution in [1.82, 2.24) is 5.43 Å². The monoisotopic (exact) mass is 480 g/mol. The summed E-state index contributed by atoms with van der Waals surface area (Å²) in [5.74, 6) is 0.155. The van der Waals surface area contributed by atoms with Crippen molar-refractivity contribution in [3.63, 3.8) is 0 Å². The first-order chi connectivity index (χ1) is 15.0. The highest BCUT2D eigenvalue weighted by atomic mass is 79.9. The molecular weight excluding hydrogens is 460 g/mol. The van der Waals surface area contributed by atoms with Crippen LogP contribution in [0.15, 0.2) is 76.3 Å². The lowest BCUT2D eigenvalue weighted by molar-refractivity contribution is 0.0734. The van der Waals surface area contributed by atoms with Gasteiger partial charge in [0, 0.05) is 15.6 Å².